The van der Waals surface area contributed by atoms with Gasteiger partial charge in [0.2, 0.25) is 0 Å². The molecule has 22 heavy (non-hydrogen) atoms. The molecule has 0 saturated carbocycles. The molecular weight excluding hydrogens is 282 g/mol. The lowest BCUT2D eigenvalue weighted by atomic mass is 10.1. The van der Waals surface area contributed by atoms with Crippen molar-refractivity contribution in [3.63, 3.8) is 0 Å². The summed E-state index contributed by atoms with van der Waals surface area (Å²) in [5, 5.41) is 15.5. The molecule has 0 bridgehead atoms. The molecule has 0 aliphatic heterocycles. The van der Waals surface area contributed by atoms with Crippen molar-refractivity contribution in [2.45, 2.75) is 19.3 Å². The van der Waals surface area contributed by atoms with Crippen molar-refractivity contribution in [1.29, 1.82) is 0 Å². The van der Waals surface area contributed by atoms with Crippen molar-refractivity contribution in [2.75, 3.05) is 6.54 Å². The standard InChI is InChI=1S/C16H19N3O3/c1-19-15(12-7-3-2-4-8-12)13(11-18-19)16(22)17-10-6-5-9-14(20)21/h2-4,7-8,11H,5-6,9-10H2,1H3,(H,17,22)(H,20,21). The Hall–Kier alpha value is -2.63. The van der Waals surface area contributed by atoms with Crippen LogP contribution in [0.4, 0.5) is 0 Å². The van der Waals surface area contributed by atoms with Crippen LogP contribution in [-0.2, 0) is 11.8 Å². The quantitative estimate of drug-likeness (QED) is 0.767. The van der Waals surface area contributed by atoms with Gasteiger partial charge in [-0.15, -0.1) is 0 Å². The molecule has 0 aliphatic carbocycles. The maximum absolute atomic E-state index is 12.3. The Morgan fingerprint density at radius 2 is 1.95 bits per heavy atom. The van der Waals surface area contributed by atoms with E-state index in [9.17, 15) is 9.59 Å². The molecule has 116 valence electrons. The van der Waals surface area contributed by atoms with Crippen LogP contribution in [0.15, 0.2) is 36.5 Å². The molecule has 0 spiro atoms. The van der Waals surface area contributed by atoms with Crippen LogP contribution >= 0.6 is 0 Å². The molecule has 0 aliphatic rings. The highest BCUT2D eigenvalue weighted by Gasteiger charge is 2.16. The largest absolute Gasteiger partial charge is 0.481 e. The monoisotopic (exact) mass is 301 g/mol. The zero-order valence-electron chi connectivity index (χ0n) is 12.5. The first-order valence-corrected chi connectivity index (χ1v) is 7.17. The van der Waals surface area contributed by atoms with Gasteiger partial charge in [0.1, 0.15) is 0 Å². The van der Waals surface area contributed by atoms with Crippen molar-refractivity contribution in [3.05, 3.63) is 42.1 Å². The SMILES string of the molecule is Cn1ncc(C(=O)NCCCCC(=O)O)c1-c1ccccc1. The number of aliphatic carboxylic acids is 1. The number of carboxylic acid groups (broad SMARTS) is 1. The Morgan fingerprint density at radius 3 is 2.64 bits per heavy atom. The van der Waals surface area contributed by atoms with Crippen LogP contribution in [0.1, 0.15) is 29.6 Å². The summed E-state index contributed by atoms with van der Waals surface area (Å²) in [4.78, 5) is 22.7. The van der Waals surface area contributed by atoms with Gasteiger partial charge in [0.25, 0.3) is 5.91 Å². The lowest BCUT2D eigenvalue weighted by Gasteiger charge is -2.07. The summed E-state index contributed by atoms with van der Waals surface area (Å²) in [6.07, 6.45) is 2.86. The van der Waals surface area contributed by atoms with Gasteiger partial charge >= 0.3 is 5.97 Å². The van der Waals surface area contributed by atoms with Crippen LogP contribution < -0.4 is 5.32 Å². The van der Waals surface area contributed by atoms with E-state index >= 15 is 0 Å². The summed E-state index contributed by atoms with van der Waals surface area (Å²) in [5.41, 5.74) is 2.22. The first-order chi connectivity index (χ1) is 10.6. The number of nitrogens with zero attached hydrogens (tertiary/aromatic N) is 2. The molecule has 0 saturated heterocycles. The summed E-state index contributed by atoms with van der Waals surface area (Å²) in [7, 11) is 1.80. The number of unbranched alkanes of at least 4 members (excludes halogenated alkanes) is 1. The van der Waals surface area contributed by atoms with Crippen molar-refractivity contribution >= 4 is 11.9 Å². The molecule has 0 unspecified atom stereocenters. The minimum absolute atomic E-state index is 0.123. The zero-order chi connectivity index (χ0) is 15.9. The number of hydrogen-bond acceptors (Lipinski definition) is 3. The van der Waals surface area contributed by atoms with Crippen LogP contribution in [0.2, 0.25) is 0 Å². The van der Waals surface area contributed by atoms with E-state index < -0.39 is 5.97 Å². The zero-order valence-corrected chi connectivity index (χ0v) is 12.5. The normalized spacial score (nSPS) is 10.4. The predicted molar refractivity (Wildman–Crippen MR) is 82.5 cm³/mol. The Balaban J connectivity index is 2.01. The summed E-state index contributed by atoms with van der Waals surface area (Å²) in [6.45, 7) is 0.454. The van der Waals surface area contributed by atoms with Gasteiger partial charge in [-0.2, -0.15) is 5.10 Å². The van der Waals surface area contributed by atoms with Crippen molar-refractivity contribution < 1.29 is 14.7 Å². The summed E-state index contributed by atoms with van der Waals surface area (Å²) in [5.74, 6) is -1.01. The number of hydrogen-bond donors (Lipinski definition) is 2. The second-order valence-electron chi connectivity index (χ2n) is 5.00. The number of amides is 1. The van der Waals surface area contributed by atoms with E-state index in [1.165, 1.54) is 0 Å². The number of carbonyl (C=O) groups excluding carboxylic acids is 1. The number of benzene rings is 1. The second-order valence-corrected chi connectivity index (χ2v) is 5.00. The minimum Gasteiger partial charge on any atom is -0.481 e. The molecule has 2 N–H and O–H groups in total. The third-order valence-electron chi connectivity index (χ3n) is 3.33. The first kappa shape index (κ1) is 15.8. The highest BCUT2D eigenvalue weighted by molar-refractivity contribution is 5.99. The topological polar surface area (TPSA) is 84.2 Å². The molecule has 1 amide bonds. The molecular formula is C16H19N3O3. The van der Waals surface area contributed by atoms with E-state index in [0.29, 0.717) is 24.9 Å². The van der Waals surface area contributed by atoms with Crippen LogP contribution in [0, 0.1) is 0 Å². The number of carbonyl (C=O) groups is 2. The number of carboxylic acids is 1. The van der Waals surface area contributed by atoms with Crippen molar-refractivity contribution in [1.82, 2.24) is 15.1 Å². The average Bonchev–Trinajstić information content (AvgIpc) is 2.89. The molecule has 6 heteroatoms. The lowest BCUT2D eigenvalue weighted by Crippen LogP contribution is -2.24. The second kappa shape index (κ2) is 7.40. The smallest absolute Gasteiger partial charge is 0.303 e. The van der Waals surface area contributed by atoms with Crippen LogP contribution in [0.5, 0.6) is 0 Å². The van der Waals surface area contributed by atoms with Gasteiger partial charge in [-0.1, -0.05) is 30.3 Å². The Bertz CT molecular complexity index is 650. The highest BCUT2D eigenvalue weighted by Crippen LogP contribution is 2.22. The number of nitrogens with one attached hydrogen (secondary N) is 1. The maximum atomic E-state index is 12.3. The molecule has 1 heterocycles. The molecule has 0 fully saturated rings. The fourth-order valence-electron chi connectivity index (χ4n) is 2.24. The summed E-state index contributed by atoms with van der Waals surface area (Å²) >= 11 is 0. The molecule has 2 rings (SSSR count). The van der Waals surface area contributed by atoms with Gasteiger partial charge in [0, 0.05) is 25.6 Å². The average molecular weight is 301 g/mol. The Morgan fingerprint density at radius 1 is 1.23 bits per heavy atom. The fraction of sp³-hybridized carbons (Fsp3) is 0.312. The first-order valence-electron chi connectivity index (χ1n) is 7.17. The van der Waals surface area contributed by atoms with E-state index in [0.717, 1.165) is 11.3 Å². The lowest BCUT2D eigenvalue weighted by molar-refractivity contribution is -0.137. The van der Waals surface area contributed by atoms with Gasteiger partial charge in [0.05, 0.1) is 17.5 Å². The Kier molecular flexibility index (Phi) is 5.30. The van der Waals surface area contributed by atoms with E-state index in [4.69, 9.17) is 5.11 Å². The summed E-state index contributed by atoms with van der Waals surface area (Å²) < 4.78 is 1.68. The molecule has 1 aromatic carbocycles. The predicted octanol–water partition coefficient (Wildman–Crippen LogP) is 2.07. The molecule has 1 aromatic heterocycles. The van der Waals surface area contributed by atoms with Gasteiger partial charge in [-0.05, 0) is 12.8 Å². The van der Waals surface area contributed by atoms with E-state index in [1.807, 2.05) is 30.3 Å². The van der Waals surface area contributed by atoms with Crippen LogP contribution in [-0.4, -0.2) is 33.3 Å². The number of aryl methyl sites for hydroxylation is 1. The molecule has 0 atom stereocenters. The van der Waals surface area contributed by atoms with E-state index in [1.54, 1.807) is 17.9 Å². The fourth-order valence-corrected chi connectivity index (χ4v) is 2.24. The molecule has 2 aromatic rings. The maximum Gasteiger partial charge on any atom is 0.303 e. The van der Waals surface area contributed by atoms with E-state index in [2.05, 4.69) is 10.4 Å². The molecule has 0 radical (unpaired) electrons. The Labute approximate surface area is 128 Å². The van der Waals surface area contributed by atoms with Gasteiger partial charge in [-0.3, -0.25) is 14.3 Å². The van der Waals surface area contributed by atoms with Crippen molar-refractivity contribution in [3.8, 4) is 11.3 Å². The van der Waals surface area contributed by atoms with Gasteiger partial charge < -0.3 is 10.4 Å². The van der Waals surface area contributed by atoms with E-state index in [-0.39, 0.29) is 12.3 Å². The third kappa shape index (κ3) is 3.94. The van der Waals surface area contributed by atoms with Gasteiger partial charge in [0.15, 0.2) is 0 Å². The minimum atomic E-state index is -0.815. The van der Waals surface area contributed by atoms with Crippen LogP contribution in [0.3, 0.4) is 0 Å². The van der Waals surface area contributed by atoms with Gasteiger partial charge in [-0.25, -0.2) is 0 Å². The van der Waals surface area contributed by atoms with Crippen LogP contribution in [0.25, 0.3) is 11.3 Å². The third-order valence-corrected chi connectivity index (χ3v) is 3.33. The number of rotatable bonds is 7. The number of aromatic nitrogens is 2. The molecule has 6 nitrogen and oxygen atoms in total. The summed E-state index contributed by atoms with van der Waals surface area (Å²) in [6, 6.07) is 9.61. The van der Waals surface area contributed by atoms with Crippen molar-refractivity contribution in [2.24, 2.45) is 7.05 Å². The highest BCUT2D eigenvalue weighted by atomic mass is 16.4.